The van der Waals surface area contributed by atoms with Crippen LogP contribution in [0.3, 0.4) is 0 Å². The highest BCUT2D eigenvalue weighted by Crippen LogP contribution is 2.41. The average Bonchev–Trinajstić information content (AvgIpc) is 2.84. The van der Waals surface area contributed by atoms with Crippen LogP contribution >= 0.6 is 0 Å². The van der Waals surface area contributed by atoms with E-state index >= 15 is 0 Å². The van der Waals surface area contributed by atoms with Crippen LogP contribution in [0, 0.1) is 6.92 Å². The van der Waals surface area contributed by atoms with Crippen LogP contribution in [0.4, 0.5) is 18.9 Å². The minimum Gasteiger partial charge on any atom is -0.399 e. The molecule has 0 bridgehead atoms. The summed E-state index contributed by atoms with van der Waals surface area (Å²) < 4.78 is 54.1. The van der Waals surface area contributed by atoms with Crippen molar-refractivity contribution in [1.82, 2.24) is 4.90 Å². The summed E-state index contributed by atoms with van der Waals surface area (Å²) in [4.78, 5) is 3.97. The van der Waals surface area contributed by atoms with Gasteiger partial charge in [0, 0.05) is 26.2 Å². The van der Waals surface area contributed by atoms with E-state index in [-0.39, 0.29) is 5.69 Å². The van der Waals surface area contributed by atoms with E-state index in [1.54, 1.807) is 13.0 Å². The van der Waals surface area contributed by atoms with Crippen LogP contribution in [0.2, 0.25) is 0 Å². The van der Waals surface area contributed by atoms with Crippen molar-refractivity contribution in [1.29, 1.82) is 0 Å². The van der Waals surface area contributed by atoms with Crippen molar-refractivity contribution in [3.63, 3.8) is 0 Å². The van der Waals surface area contributed by atoms with Gasteiger partial charge in [-0.3, -0.25) is 0 Å². The molecule has 8 heteroatoms. The average molecular weight is 398 g/mol. The van der Waals surface area contributed by atoms with Crippen molar-refractivity contribution < 1.29 is 22.5 Å². The zero-order valence-electron chi connectivity index (χ0n) is 17.6. The Kier molecular flexibility index (Phi) is 5.53. The number of halogens is 3. The van der Waals surface area contributed by atoms with Gasteiger partial charge in [-0.2, -0.15) is 13.2 Å². The fourth-order valence-corrected chi connectivity index (χ4v) is 4.05. The molecule has 156 valence electrons. The second-order valence-electron chi connectivity index (χ2n) is 8.68. The van der Waals surface area contributed by atoms with Gasteiger partial charge in [-0.1, -0.05) is 13.0 Å². The van der Waals surface area contributed by atoms with Crippen LogP contribution in [0.25, 0.3) is 0 Å². The standard InChI is InChI=1S/C20H30BF3N2O2/c1-7-19(5)18(3,4)27-21(28-19)15-12-14(2)17(16(13-15)20(22,23)24)26-10-8-25(6)9-11-26/h12-13H,7-11H2,1-6H3. The van der Waals surface area contributed by atoms with Crippen molar-refractivity contribution in [2.45, 2.75) is 58.4 Å². The molecule has 1 unspecified atom stereocenters. The van der Waals surface area contributed by atoms with Gasteiger partial charge < -0.3 is 19.1 Å². The van der Waals surface area contributed by atoms with Gasteiger partial charge in [-0.05, 0) is 58.3 Å². The van der Waals surface area contributed by atoms with E-state index in [9.17, 15) is 13.2 Å². The summed E-state index contributed by atoms with van der Waals surface area (Å²) in [7, 11) is 1.18. The van der Waals surface area contributed by atoms with E-state index in [1.165, 1.54) is 6.07 Å². The fraction of sp³-hybridized carbons (Fsp3) is 0.700. The highest BCUT2D eigenvalue weighted by Gasteiger charge is 2.54. The Morgan fingerprint density at radius 3 is 2.18 bits per heavy atom. The van der Waals surface area contributed by atoms with Crippen LogP contribution < -0.4 is 10.4 Å². The van der Waals surface area contributed by atoms with E-state index in [0.29, 0.717) is 30.5 Å². The van der Waals surface area contributed by atoms with Crippen LogP contribution in [0.5, 0.6) is 0 Å². The molecule has 2 heterocycles. The van der Waals surface area contributed by atoms with E-state index < -0.39 is 30.1 Å². The lowest BCUT2D eigenvalue weighted by molar-refractivity contribution is -0.137. The second kappa shape index (κ2) is 7.22. The summed E-state index contributed by atoms with van der Waals surface area (Å²) in [5.74, 6) is 0. The number of rotatable bonds is 3. The van der Waals surface area contributed by atoms with Gasteiger partial charge in [0.15, 0.2) is 0 Å². The van der Waals surface area contributed by atoms with Crippen LogP contribution in [0.15, 0.2) is 12.1 Å². The molecule has 4 nitrogen and oxygen atoms in total. The number of alkyl halides is 3. The molecule has 0 aromatic heterocycles. The summed E-state index contributed by atoms with van der Waals surface area (Å²) in [5.41, 5.74) is -0.450. The van der Waals surface area contributed by atoms with Crippen molar-refractivity contribution in [3.8, 4) is 0 Å². The zero-order chi connectivity index (χ0) is 20.9. The lowest BCUT2D eigenvalue weighted by Gasteiger charge is -2.36. The molecule has 1 aromatic rings. The summed E-state index contributed by atoms with van der Waals surface area (Å²) in [6.07, 6.45) is -3.73. The molecule has 0 radical (unpaired) electrons. The molecule has 0 amide bonds. The Balaban J connectivity index is 2.01. The van der Waals surface area contributed by atoms with Gasteiger partial charge in [0.05, 0.1) is 22.5 Å². The first-order valence-electron chi connectivity index (χ1n) is 9.89. The first-order chi connectivity index (χ1) is 12.9. The smallest absolute Gasteiger partial charge is 0.399 e. The maximum Gasteiger partial charge on any atom is 0.494 e. The summed E-state index contributed by atoms with van der Waals surface area (Å²) in [6, 6.07) is 2.99. The second-order valence-corrected chi connectivity index (χ2v) is 8.68. The van der Waals surface area contributed by atoms with Crippen molar-refractivity contribution in [2.24, 2.45) is 0 Å². The summed E-state index contributed by atoms with van der Waals surface area (Å²) in [5, 5.41) is 0. The lowest BCUT2D eigenvalue weighted by atomic mass is 9.77. The number of likely N-dealkylation sites (N-methyl/N-ethyl adjacent to an activating group) is 1. The van der Waals surface area contributed by atoms with E-state index in [0.717, 1.165) is 13.1 Å². The van der Waals surface area contributed by atoms with Crippen molar-refractivity contribution >= 4 is 18.3 Å². The Hall–Kier alpha value is -1.25. The molecule has 28 heavy (non-hydrogen) atoms. The molecule has 2 aliphatic heterocycles. The Labute approximate surface area is 166 Å². The van der Waals surface area contributed by atoms with Gasteiger partial charge >= 0.3 is 13.3 Å². The fourth-order valence-electron chi connectivity index (χ4n) is 4.05. The minimum absolute atomic E-state index is 0.278. The molecule has 2 aliphatic rings. The molecule has 0 N–H and O–H groups in total. The van der Waals surface area contributed by atoms with E-state index in [1.807, 2.05) is 39.6 Å². The van der Waals surface area contributed by atoms with Gasteiger partial charge in [0.2, 0.25) is 0 Å². The maximum absolute atomic E-state index is 14.0. The molecule has 0 saturated carbocycles. The summed E-state index contributed by atoms with van der Waals surface area (Å²) in [6.45, 7) is 12.2. The number of piperazine rings is 1. The number of nitrogens with zero attached hydrogens (tertiary/aromatic N) is 2. The molecule has 0 spiro atoms. The van der Waals surface area contributed by atoms with Gasteiger partial charge in [0.25, 0.3) is 0 Å². The third-order valence-corrected chi connectivity index (χ3v) is 6.44. The van der Waals surface area contributed by atoms with Crippen molar-refractivity contribution in [2.75, 3.05) is 38.1 Å². The third kappa shape index (κ3) is 3.78. The zero-order valence-corrected chi connectivity index (χ0v) is 17.6. The SMILES string of the molecule is CCC1(C)OB(c2cc(C)c(N3CCN(C)CC3)c(C(F)(F)F)c2)OC1(C)C. The van der Waals surface area contributed by atoms with Crippen molar-refractivity contribution in [3.05, 3.63) is 23.3 Å². The molecule has 2 saturated heterocycles. The third-order valence-electron chi connectivity index (χ3n) is 6.44. The van der Waals surface area contributed by atoms with Crippen LogP contribution in [-0.2, 0) is 15.5 Å². The van der Waals surface area contributed by atoms with Crippen LogP contribution in [-0.4, -0.2) is 56.4 Å². The van der Waals surface area contributed by atoms with E-state index in [2.05, 4.69) is 4.90 Å². The van der Waals surface area contributed by atoms with E-state index in [4.69, 9.17) is 9.31 Å². The number of hydrogen-bond donors (Lipinski definition) is 0. The maximum atomic E-state index is 14.0. The quantitative estimate of drug-likeness (QED) is 0.729. The lowest BCUT2D eigenvalue weighted by Crippen LogP contribution is -2.46. The molecule has 1 atom stereocenters. The predicted octanol–water partition coefficient (Wildman–Crippen LogP) is 3.45. The minimum atomic E-state index is -4.44. The van der Waals surface area contributed by atoms with Gasteiger partial charge in [-0.15, -0.1) is 0 Å². The highest BCUT2D eigenvalue weighted by molar-refractivity contribution is 6.62. The molecular weight excluding hydrogens is 368 g/mol. The van der Waals surface area contributed by atoms with Crippen LogP contribution in [0.1, 0.15) is 45.2 Å². The Morgan fingerprint density at radius 2 is 1.68 bits per heavy atom. The van der Waals surface area contributed by atoms with Gasteiger partial charge in [0.1, 0.15) is 0 Å². The molecule has 2 fully saturated rings. The number of hydrogen-bond acceptors (Lipinski definition) is 4. The Bertz CT molecular complexity index is 733. The molecule has 0 aliphatic carbocycles. The van der Waals surface area contributed by atoms with Gasteiger partial charge in [-0.25, -0.2) is 0 Å². The molecular formula is C20H30BF3N2O2. The topological polar surface area (TPSA) is 24.9 Å². The first kappa shape index (κ1) is 21.5. The number of anilines is 1. The molecule has 1 aromatic carbocycles. The summed E-state index contributed by atoms with van der Waals surface area (Å²) >= 11 is 0. The monoisotopic (exact) mass is 398 g/mol. The normalized spacial score (nSPS) is 26.2. The largest absolute Gasteiger partial charge is 0.494 e. The Morgan fingerprint density at radius 1 is 1.07 bits per heavy atom. The number of benzene rings is 1. The first-order valence-corrected chi connectivity index (χ1v) is 9.89. The number of aryl methyl sites for hydroxylation is 1. The molecule has 3 rings (SSSR count). The highest BCUT2D eigenvalue weighted by atomic mass is 19.4. The predicted molar refractivity (Wildman–Crippen MR) is 106 cm³/mol.